The molecule has 38 heavy (non-hydrogen) atoms. The molecule has 1 aliphatic rings. The molecule has 1 fully saturated rings. The SMILES string of the molecule is Cc1ccc(C(=O)OC[C@H]2O[C@@H](n3cc(C(F)(F)F)c(=O)[nH]c3=O)C[C@H]2OC(=O)c2ccc(C)cc2)cc1. The second-order valence-electron chi connectivity index (χ2n) is 8.85. The summed E-state index contributed by atoms with van der Waals surface area (Å²) in [5.74, 6) is -1.43. The van der Waals surface area contributed by atoms with Crippen molar-refractivity contribution in [3.8, 4) is 0 Å². The molecule has 0 bridgehead atoms. The predicted octanol–water partition coefficient (Wildman–Crippen LogP) is 3.54. The molecule has 12 heteroatoms. The van der Waals surface area contributed by atoms with Gasteiger partial charge >= 0.3 is 23.8 Å². The van der Waals surface area contributed by atoms with Crippen molar-refractivity contribution in [2.24, 2.45) is 0 Å². The Morgan fingerprint density at radius 1 is 0.974 bits per heavy atom. The van der Waals surface area contributed by atoms with Gasteiger partial charge < -0.3 is 14.2 Å². The number of hydrogen-bond donors (Lipinski definition) is 1. The Morgan fingerprint density at radius 2 is 1.53 bits per heavy atom. The van der Waals surface area contributed by atoms with Crippen molar-refractivity contribution < 1.29 is 37.0 Å². The zero-order valence-electron chi connectivity index (χ0n) is 20.3. The minimum atomic E-state index is -5.03. The van der Waals surface area contributed by atoms with Crippen molar-refractivity contribution in [1.82, 2.24) is 9.55 Å². The lowest BCUT2D eigenvalue weighted by molar-refractivity contribution is -0.139. The van der Waals surface area contributed by atoms with Gasteiger partial charge in [0, 0.05) is 12.6 Å². The van der Waals surface area contributed by atoms with Crippen molar-refractivity contribution in [3.05, 3.63) is 103 Å². The lowest BCUT2D eigenvalue weighted by atomic mass is 10.1. The molecule has 0 saturated carbocycles. The van der Waals surface area contributed by atoms with Gasteiger partial charge in [-0.25, -0.2) is 14.4 Å². The normalized spacial score (nSPS) is 19.2. The van der Waals surface area contributed by atoms with E-state index in [1.54, 1.807) is 53.5 Å². The number of hydrogen-bond acceptors (Lipinski definition) is 7. The topological polar surface area (TPSA) is 117 Å². The third-order valence-corrected chi connectivity index (χ3v) is 5.98. The molecule has 0 amide bonds. The summed E-state index contributed by atoms with van der Waals surface area (Å²) in [5, 5.41) is 0. The van der Waals surface area contributed by atoms with Gasteiger partial charge in [0.25, 0.3) is 5.56 Å². The van der Waals surface area contributed by atoms with Crippen LogP contribution in [0.25, 0.3) is 0 Å². The number of carbonyl (C=O) groups excluding carboxylic acids is 2. The van der Waals surface area contributed by atoms with Crippen molar-refractivity contribution in [2.45, 2.75) is 44.9 Å². The predicted molar refractivity (Wildman–Crippen MR) is 127 cm³/mol. The zero-order valence-corrected chi connectivity index (χ0v) is 20.3. The fraction of sp³-hybridized carbons (Fsp3) is 0.308. The Bertz CT molecular complexity index is 1440. The van der Waals surface area contributed by atoms with Gasteiger partial charge in [0.05, 0.1) is 11.1 Å². The van der Waals surface area contributed by atoms with Crippen LogP contribution < -0.4 is 11.2 Å². The number of aryl methyl sites for hydroxylation is 2. The van der Waals surface area contributed by atoms with Gasteiger partial charge in [-0.05, 0) is 38.1 Å². The van der Waals surface area contributed by atoms with E-state index in [2.05, 4.69) is 0 Å². The summed E-state index contributed by atoms with van der Waals surface area (Å²) in [4.78, 5) is 50.9. The Morgan fingerprint density at radius 3 is 2.08 bits per heavy atom. The molecule has 2 heterocycles. The summed E-state index contributed by atoms with van der Waals surface area (Å²) in [6.07, 6.45) is -8.47. The quantitative estimate of drug-likeness (QED) is 0.483. The van der Waals surface area contributed by atoms with Crippen LogP contribution in [0.15, 0.2) is 64.3 Å². The van der Waals surface area contributed by atoms with Gasteiger partial charge in [-0.2, -0.15) is 13.2 Å². The van der Waals surface area contributed by atoms with E-state index in [0.29, 0.717) is 10.8 Å². The first-order valence-electron chi connectivity index (χ1n) is 11.5. The van der Waals surface area contributed by atoms with Crippen molar-refractivity contribution >= 4 is 11.9 Å². The Balaban J connectivity index is 1.58. The standard InChI is InChI=1S/C26H23F3N2O7/c1-14-3-7-16(8-4-14)23(33)36-13-20-19(38-24(34)17-9-5-15(2)6-10-17)11-21(37-20)31-12-18(26(27,28)29)22(32)30-25(31)35/h3-10,12,19-21H,11,13H2,1-2H3,(H,30,32,35)/t19-,20-,21-/m1/s1. The first-order valence-corrected chi connectivity index (χ1v) is 11.5. The largest absolute Gasteiger partial charge is 0.459 e. The molecule has 3 atom stereocenters. The van der Waals surface area contributed by atoms with Crippen LogP contribution in [0.5, 0.6) is 0 Å². The molecule has 9 nitrogen and oxygen atoms in total. The summed E-state index contributed by atoms with van der Waals surface area (Å²) >= 11 is 0. The van der Waals surface area contributed by atoms with E-state index in [-0.39, 0.29) is 17.5 Å². The second-order valence-corrected chi connectivity index (χ2v) is 8.85. The minimum Gasteiger partial charge on any atom is -0.459 e. The number of ether oxygens (including phenoxy) is 3. The number of esters is 2. The van der Waals surface area contributed by atoms with Crippen LogP contribution in [-0.4, -0.2) is 40.3 Å². The molecule has 3 aromatic rings. The summed E-state index contributed by atoms with van der Waals surface area (Å²) in [5.41, 5.74) is -2.03. The summed E-state index contributed by atoms with van der Waals surface area (Å²) in [7, 11) is 0. The van der Waals surface area contributed by atoms with E-state index in [1.807, 2.05) is 13.8 Å². The monoisotopic (exact) mass is 532 g/mol. The minimum absolute atomic E-state index is 0.218. The number of rotatable bonds is 6. The highest BCUT2D eigenvalue weighted by molar-refractivity contribution is 5.90. The number of alkyl halides is 3. The maximum atomic E-state index is 13.3. The van der Waals surface area contributed by atoms with Crippen LogP contribution in [0.3, 0.4) is 0 Å². The average molecular weight is 532 g/mol. The lowest BCUT2D eigenvalue weighted by Gasteiger charge is -2.19. The smallest absolute Gasteiger partial charge is 0.423 e. The zero-order chi connectivity index (χ0) is 27.6. The number of halogens is 3. The summed E-state index contributed by atoms with van der Waals surface area (Å²) in [6.45, 7) is 3.26. The van der Waals surface area contributed by atoms with E-state index < -0.39 is 60.0 Å². The fourth-order valence-corrected chi connectivity index (χ4v) is 3.87. The maximum absolute atomic E-state index is 13.3. The molecule has 1 saturated heterocycles. The van der Waals surface area contributed by atoms with Crippen LogP contribution in [0.4, 0.5) is 13.2 Å². The lowest BCUT2D eigenvalue weighted by Crippen LogP contribution is -2.36. The van der Waals surface area contributed by atoms with Gasteiger partial charge in [0.15, 0.2) is 0 Å². The van der Waals surface area contributed by atoms with E-state index in [4.69, 9.17) is 14.2 Å². The van der Waals surface area contributed by atoms with Crippen LogP contribution in [0.2, 0.25) is 0 Å². The fourth-order valence-electron chi connectivity index (χ4n) is 3.87. The molecule has 1 N–H and O–H groups in total. The average Bonchev–Trinajstić information content (AvgIpc) is 3.24. The molecule has 0 unspecified atom stereocenters. The van der Waals surface area contributed by atoms with Crippen LogP contribution in [0.1, 0.15) is 50.1 Å². The first-order chi connectivity index (χ1) is 17.9. The molecule has 0 radical (unpaired) electrons. The highest BCUT2D eigenvalue weighted by Crippen LogP contribution is 2.32. The molecule has 1 aliphatic heterocycles. The molecule has 0 aliphatic carbocycles. The number of benzene rings is 2. The van der Waals surface area contributed by atoms with Crippen LogP contribution in [-0.2, 0) is 20.4 Å². The van der Waals surface area contributed by atoms with Gasteiger partial charge in [-0.1, -0.05) is 35.4 Å². The molecule has 4 rings (SSSR count). The van der Waals surface area contributed by atoms with E-state index >= 15 is 0 Å². The van der Waals surface area contributed by atoms with Crippen molar-refractivity contribution in [2.75, 3.05) is 6.61 Å². The van der Waals surface area contributed by atoms with Gasteiger partial charge in [-0.3, -0.25) is 14.3 Å². The Hall–Kier alpha value is -4.19. The van der Waals surface area contributed by atoms with Gasteiger partial charge in [-0.15, -0.1) is 0 Å². The van der Waals surface area contributed by atoms with E-state index in [1.165, 1.54) is 0 Å². The molecule has 2 aromatic carbocycles. The Kier molecular flexibility index (Phi) is 7.53. The number of H-pyrrole nitrogens is 1. The highest BCUT2D eigenvalue weighted by atomic mass is 19.4. The molecule has 0 spiro atoms. The first kappa shape index (κ1) is 26.9. The number of nitrogens with one attached hydrogen (secondary N) is 1. The number of aromatic amines is 1. The van der Waals surface area contributed by atoms with Gasteiger partial charge in [0.1, 0.15) is 30.6 Å². The number of aromatic nitrogens is 2. The van der Waals surface area contributed by atoms with Crippen molar-refractivity contribution in [1.29, 1.82) is 0 Å². The molecule has 200 valence electrons. The Labute approximate surface area is 213 Å². The van der Waals surface area contributed by atoms with Crippen molar-refractivity contribution in [3.63, 3.8) is 0 Å². The van der Waals surface area contributed by atoms with Crippen LogP contribution in [0, 0.1) is 13.8 Å². The summed E-state index contributed by atoms with van der Waals surface area (Å²) < 4.78 is 57.0. The summed E-state index contributed by atoms with van der Waals surface area (Å²) in [6, 6.07) is 13.0. The second kappa shape index (κ2) is 10.7. The number of carbonyl (C=O) groups is 2. The molecular formula is C26H23F3N2O7. The molecular weight excluding hydrogens is 509 g/mol. The van der Waals surface area contributed by atoms with E-state index in [0.717, 1.165) is 11.1 Å². The van der Waals surface area contributed by atoms with Gasteiger partial charge in [0.2, 0.25) is 0 Å². The molecule has 1 aromatic heterocycles. The third-order valence-electron chi connectivity index (χ3n) is 5.98. The highest BCUT2D eigenvalue weighted by Gasteiger charge is 2.42. The van der Waals surface area contributed by atoms with Crippen LogP contribution >= 0.6 is 0 Å². The van der Waals surface area contributed by atoms with E-state index in [9.17, 15) is 32.3 Å². The third kappa shape index (κ3) is 6.02. The number of nitrogens with zero attached hydrogens (tertiary/aromatic N) is 1. The maximum Gasteiger partial charge on any atom is 0.423 e.